The Morgan fingerprint density at radius 2 is 2.00 bits per heavy atom. The highest BCUT2D eigenvalue weighted by Crippen LogP contribution is 2.20. The molecule has 1 aromatic heterocycles. The summed E-state index contributed by atoms with van der Waals surface area (Å²) in [4.78, 5) is 6.29. The molecule has 1 heterocycles. The molecule has 1 rings (SSSR count). The Kier molecular flexibility index (Phi) is 2.88. The number of nitrogens with zero attached hydrogens (tertiary/aromatic N) is 2. The van der Waals surface area contributed by atoms with Crippen LogP contribution in [-0.4, -0.2) is 24.2 Å². The van der Waals surface area contributed by atoms with Gasteiger partial charge in [0.1, 0.15) is 5.82 Å². The van der Waals surface area contributed by atoms with Gasteiger partial charge >= 0.3 is 0 Å². The molecule has 0 atom stereocenters. The van der Waals surface area contributed by atoms with Crippen LogP contribution in [0, 0.1) is 13.8 Å². The van der Waals surface area contributed by atoms with E-state index < -0.39 is 0 Å². The summed E-state index contributed by atoms with van der Waals surface area (Å²) in [6.07, 6.45) is 0. The molecule has 0 unspecified atom stereocenters. The summed E-state index contributed by atoms with van der Waals surface area (Å²) in [5, 5.41) is 9.17. The summed E-state index contributed by atoms with van der Waals surface area (Å²) in [5.74, 6) is 0.861. The van der Waals surface area contributed by atoms with Crippen LogP contribution in [0.1, 0.15) is 16.8 Å². The predicted molar refractivity (Wildman–Crippen MR) is 54.0 cm³/mol. The van der Waals surface area contributed by atoms with Gasteiger partial charge in [-0.3, -0.25) is 0 Å². The van der Waals surface area contributed by atoms with Crippen molar-refractivity contribution in [1.82, 2.24) is 4.98 Å². The number of anilines is 1. The monoisotopic (exact) mass is 180 g/mol. The van der Waals surface area contributed by atoms with Crippen molar-refractivity contribution < 1.29 is 5.11 Å². The van der Waals surface area contributed by atoms with Crippen LogP contribution in [0.5, 0.6) is 0 Å². The molecule has 0 radical (unpaired) electrons. The van der Waals surface area contributed by atoms with E-state index in [2.05, 4.69) is 4.98 Å². The first-order valence-electron chi connectivity index (χ1n) is 4.31. The molecule has 0 aliphatic heterocycles. The smallest absolute Gasteiger partial charge is 0.134 e. The van der Waals surface area contributed by atoms with Gasteiger partial charge in [-0.25, -0.2) is 4.98 Å². The van der Waals surface area contributed by atoms with E-state index in [0.717, 1.165) is 22.6 Å². The van der Waals surface area contributed by atoms with Gasteiger partial charge in [0.05, 0.1) is 6.61 Å². The topological polar surface area (TPSA) is 36.4 Å². The van der Waals surface area contributed by atoms with Crippen LogP contribution < -0.4 is 4.90 Å². The van der Waals surface area contributed by atoms with Gasteiger partial charge in [-0.15, -0.1) is 0 Å². The zero-order valence-electron chi connectivity index (χ0n) is 8.63. The van der Waals surface area contributed by atoms with Crippen molar-refractivity contribution in [2.75, 3.05) is 19.0 Å². The van der Waals surface area contributed by atoms with E-state index in [9.17, 15) is 5.11 Å². The Balaban J connectivity index is 3.29. The Bertz CT molecular complexity index is 308. The second-order valence-corrected chi connectivity index (χ2v) is 3.44. The maximum atomic E-state index is 9.17. The van der Waals surface area contributed by atoms with Crippen LogP contribution in [0.15, 0.2) is 6.07 Å². The minimum atomic E-state index is 0.0482. The molecule has 1 aromatic rings. The van der Waals surface area contributed by atoms with E-state index >= 15 is 0 Å². The normalized spacial score (nSPS) is 10.2. The van der Waals surface area contributed by atoms with Gasteiger partial charge in [0.25, 0.3) is 0 Å². The van der Waals surface area contributed by atoms with Gasteiger partial charge in [0.15, 0.2) is 0 Å². The lowest BCUT2D eigenvalue weighted by Crippen LogP contribution is -2.14. The first kappa shape index (κ1) is 9.99. The van der Waals surface area contributed by atoms with E-state index in [1.54, 1.807) is 0 Å². The minimum absolute atomic E-state index is 0.0482. The Hall–Kier alpha value is -1.09. The summed E-state index contributed by atoms with van der Waals surface area (Å²) >= 11 is 0. The summed E-state index contributed by atoms with van der Waals surface area (Å²) in [6, 6.07) is 1.98. The van der Waals surface area contributed by atoms with Crippen molar-refractivity contribution in [2.45, 2.75) is 20.5 Å². The fraction of sp³-hybridized carbons (Fsp3) is 0.500. The lowest BCUT2D eigenvalue weighted by Gasteiger charge is -2.17. The first-order valence-corrected chi connectivity index (χ1v) is 4.31. The zero-order valence-corrected chi connectivity index (χ0v) is 8.63. The molecule has 0 aliphatic carbocycles. The summed E-state index contributed by atoms with van der Waals surface area (Å²) < 4.78 is 0. The van der Waals surface area contributed by atoms with Crippen LogP contribution in [0.4, 0.5) is 5.82 Å². The molecule has 0 amide bonds. The fourth-order valence-corrected chi connectivity index (χ4v) is 1.41. The number of aliphatic hydroxyl groups excluding tert-OH is 1. The van der Waals surface area contributed by atoms with E-state index in [1.807, 2.05) is 38.9 Å². The quantitative estimate of drug-likeness (QED) is 0.744. The molecule has 0 spiro atoms. The predicted octanol–water partition coefficient (Wildman–Crippen LogP) is 1.26. The Morgan fingerprint density at radius 3 is 2.46 bits per heavy atom. The largest absolute Gasteiger partial charge is 0.392 e. The SMILES string of the molecule is Cc1cc(C)c(CO)c(N(C)C)n1. The summed E-state index contributed by atoms with van der Waals surface area (Å²) in [6.45, 7) is 4.00. The van der Waals surface area contributed by atoms with Crippen molar-refractivity contribution in [3.8, 4) is 0 Å². The van der Waals surface area contributed by atoms with Crippen LogP contribution in [-0.2, 0) is 6.61 Å². The number of aliphatic hydroxyl groups is 1. The third-order valence-electron chi connectivity index (χ3n) is 2.04. The molecule has 0 aliphatic rings. The van der Waals surface area contributed by atoms with Crippen molar-refractivity contribution in [1.29, 1.82) is 0 Å². The van der Waals surface area contributed by atoms with E-state index in [-0.39, 0.29) is 6.61 Å². The van der Waals surface area contributed by atoms with Gasteiger partial charge in [0, 0.05) is 25.4 Å². The second-order valence-electron chi connectivity index (χ2n) is 3.44. The standard InChI is InChI=1S/C10H16N2O/c1-7-5-8(2)11-10(12(3)4)9(7)6-13/h5,13H,6H2,1-4H3. The molecular formula is C10H16N2O. The van der Waals surface area contributed by atoms with Gasteiger partial charge in [-0.05, 0) is 25.5 Å². The van der Waals surface area contributed by atoms with Crippen LogP contribution in [0.2, 0.25) is 0 Å². The van der Waals surface area contributed by atoms with E-state index in [1.165, 1.54) is 0 Å². The van der Waals surface area contributed by atoms with Crippen molar-refractivity contribution in [3.63, 3.8) is 0 Å². The zero-order chi connectivity index (χ0) is 10.0. The molecule has 0 aromatic carbocycles. The number of rotatable bonds is 2. The first-order chi connectivity index (χ1) is 6.06. The highest BCUT2D eigenvalue weighted by Gasteiger charge is 2.08. The number of hydrogen-bond donors (Lipinski definition) is 1. The van der Waals surface area contributed by atoms with Gasteiger partial charge in [-0.2, -0.15) is 0 Å². The third-order valence-corrected chi connectivity index (χ3v) is 2.04. The highest BCUT2D eigenvalue weighted by molar-refractivity contribution is 5.50. The number of aryl methyl sites for hydroxylation is 2. The van der Waals surface area contributed by atoms with Crippen molar-refractivity contribution >= 4 is 5.82 Å². The second kappa shape index (κ2) is 3.75. The van der Waals surface area contributed by atoms with Crippen LogP contribution in [0.25, 0.3) is 0 Å². The molecule has 0 saturated heterocycles. The van der Waals surface area contributed by atoms with Crippen molar-refractivity contribution in [3.05, 3.63) is 22.9 Å². The molecule has 3 heteroatoms. The van der Waals surface area contributed by atoms with Crippen molar-refractivity contribution in [2.24, 2.45) is 0 Å². The fourth-order valence-electron chi connectivity index (χ4n) is 1.41. The van der Waals surface area contributed by atoms with Gasteiger partial charge in [-0.1, -0.05) is 0 Å². The van der Waals surface area contributed by atoms with Gasteiger partial charge < -0.3 is 10.0 Å². The molecule has 1 N–H and O–H groups in total. The Morgan fingerprint density at radius 1 is 1.38 bits per heavy atom. The summed E-state index contributed by atoms with van der Waals surface area (Å²) in [5.41, 5.74) is 2.99. The maximum Gasteiger partial charge on any atom is 0.134 e. The number of hydrogen-bond acceptors (Lipinski definition) is 3. The highest BCUT2D eigenvalue weighted by atomic mass is 16.3. The minimum Gasteiger partial charge on any atom is -0.392 e. The Labute approximate surface area is 79.0 Å². The molecule has 3 nitrogen and oxygen atoms in total. The number of pyridine rings is 1. The van der Waals surface area contributed by atoms with Crippen LogP contribution >= 0.6 is 0 Å². The molecule has 13 heavy (non-hydrogen) atoms. The molecular weight excluding hydrogens is 164 g/mol. The molecule has 0 saturated carbocycles. The number of aromatic nitrogens is 1. The lowest BCUT2D eigenvalue weighted by molar-refractivity contribution is 0.281. The van der Waals surface area contributed by atoms with Gasteiger partial charge in [0.2, 0.25) is 0 Å². The van der Waals surface area contributed by atoms with E-state index in [4.69, 9.17) is 0 Å². The lowest BCUT2D eigenvalue weighted by atomic mass is 10.1. The molecule has 72 valence electrons. The average molecular weight is 180 g/mol. The van der Waals surface area contributed by atoms with Crippen LogP contribution in [0.3, 0.4) is 0 Å². The third kappa shape index (κ3) is 1.98. The summed E-state index contributed by atoms with van der Waals surface area (Å²) in [7, 11) is 3.86. The average Bonchev–Trinajstić information content (AvgIpc) is 2.02. The molecule has 0 bridgehead atoms. The molecule has 0 fully saturated rings. The van der Waals surface area contributed by atoms with E-state index in [0.29, 0.717) is 0 Å². The maximum absolute atomic E-state index is 9.17.